The summed E-state index contributed by atoms with van der Waals surface area (Å²) in [5.41, 5.74) is 0.530. The SMILES string of the molecule is Cc1nn(C(C)C)cc1S(=O)(=O)NCCN1CCOCC1. The zero-order valence-electron chi connectivity index (χ0n) is 12.9. The Bertz CT molecular complexity index is 562. The van der Waals surface area contributed by atoms with Gasteiger partial charge >= 0.3 is 0 Å². The van der Waals surface area contributed by atoms with E-state index < -0.39 is 10.0 Å². The normalized spacial score (nSPS) is 17.5. The third kappa shape index (κ3) is 4.26. The van der Waals surface area contributed by atoms with Crippen LogP contribution in [0, 0.1) is 6.92 Å². The monoisotopic (exact) mass is 316 g/mol. The molecule has 2 rings (SSSR count). The van der Waals surface area contributed by atoms with Crippen LogP contribution in [0.5, 0.6) is 0 Å². The van der Waals surface area contributed by atoms with Gasteiger partial charge in [0.2, 0.25) is 10.0 Å². The molecule has 0 bridgehead atoms. The summed E-state index contributed by atoms with van der Waals surface area (Å²) in [7, 11) is -3.50. The Morgan fingerprint density at radius 3 is 2.62 bits per heavy atom. The quantitative estimate of drug-likeness (QED) is 0.821. The van der Waals surface area contributed by atoms with Crippen molar-refractivity contribution in [2.75, 3.05) is 39.4 Å². The van der Waals surface area contributed by atoms with Crippen molar-refractivity contribution in [2.45, 2.75) is 31.7 Å². The molecule has 7 nitrogen and oxygen atoms in total. The van der Waals surface area contributed by atoms with Gasteiger partial charge in [-0.2, -0.15) is 5.10 Å². The number of morpholine rings is 1. The Hall–Kier alpha value is -0.960. The minimum Gasteiger partial charge on any atom is -0.379 e. The fraction of sp³-hybridized carbons (Fsp3) is 0.769. The van der Waals surface area contributed by atoms with Crippen molar-refractivity contribution < 1.29 is 13.2 Å². The summed E-state index contributed by atoms with van der Waals surface area (Å²) in [4.78, 5) is 2.45. The highest BCUT2D eigenvalue weighted by Gasteiger charge is 2.21. The van der Waals surface area contributed by atoms with E-state index in [1.165, 1.54) is 0 Å². The van der Waals surface area contributed by atoms with Crippen molar-refractivity contribution in [1.82, 2.24) is 19.4 Å². The summed E-state index contributed by atoms with van der Waals surface area (Å²) in [6, 6.07) is 0.140. The number of nitrogens with zero attached hydrogens (tertiary/aromatic N) is 3. The molecule has 0 atom stereocenters. The molecule has 1 fully saturated rings. The number of ether oxygens (including phenoxy) is 1. The summed E-state index contributed by atoms with van der Waals surface area (Å²) in [5.74, 6) is 0. The highest BCUT2D eigenvalue weighted by Crippen LogP contribution is 2.15. The number of hydrogen-bond donors (Lipinski definition) is 1. The topological polar surface area (TPSA) is 76.5 Å². The average Bonchev–Trinajstić information content (AvgIpc) is 2.83. The standard InChI is InChI=1S/C13H24N4O3S/c1-11(2)17-10-13(12(3)15-17)21(18,19)14-4-5-16-6-8-20-9-7-16/h10-11,14H,4-9H2,1-3H3. The molecular formula is C13H24N4O3S. The molecule has 1 aromatic rings. The molecule has 1 aliphatic heterocycles. The Labute approximate surface area is 126 Å². The van der Waals surface area contributed by atoms with Crippen molar-refractivity contribution in [2.24, 2.45) is 0 Å². The van der Waals surface area contributed by atoms with Crippen LogP contribution in [0.25, 0.3) is 0 Å². The number of aryl methyl sites for hydroxylation is 1. The lowest BCUT2D eigenvalue weighted by Crippen LogP contribution is -2.41. The van der Waals surface area contributed by atoms with E-state index in [0.717, 1.165) is 13.1 Å². The van der Waals surface area contributed by atoms with Crippen LogP contribution >= 0.6 is 0 Å². The minimum atomic E-state index is -3.50. The smallest absolute Gasteiger partial charge is 0.244 e. The molecule has 8 heteroatoms. The first-order valence-electron chi connectivity index (χ1n) is 7.25. The average molecular weight is 316 g/mol. The van der Waals surface area contributed by atoms with E-state index in [-0.39, 0.29) is 10.9 Å². The Morgan fingerprint density at radius 1 is 1.38 bits per heavy atom. The summed E-state index contributed by atoms with van der Waals surface area (Å²) < 4.78 is 34.2. The van der Waals surface area contributed by atoms with Gasteiger partial charge < -0.3 is 4.74 Å². The number of aromatic nitrogens is 2. The third-order valence-electron chi connectivity index (χ3n) is 3.51. The largest absolute Gasteiger partial charge is 0.379 e. The molecule has 0 amide bonds. The summed E-state index contributed by atoms with van der Waals surface area (Å²) in [6.45, 7) is 9.88. The van der Waals surface area contributed by atoms with E-state index in [4.69, 9.17) is 4.74 Å². The molecule has 120 valence electrons. The lowest BCUT2D eigenvalue weighted by Gasteiger charge is -2.26. The van der Waals surface area contributed by atoms with Crippen molar-refractivity contribution in [3.63, 3.8) is 0 Å². The van der Waals surface area contributed by atoms with Crippen LogP contribution in [0.3, 0.4) is 0 Å². The lowest BCUT2D eigenvalue weighted by molar-refractivity contribution is 0.0390. The summed E-state index contributed by atoms with van der Waals surface area (Å²) in [5, 5.41) is 4.24. The van der Waals surface area contributed by atoms with Crippen LogP contribution in [0.4, 0.5) is 0 Å². The summed E-state index contributed by atoms with van der Waals surface area (Å²) in [6.07, 6.45) is 1.59. The number of rotatable bonds is 6. The molecule has 1 N–H and O–H groups in total. The van der Waals surface area contributed by atoms with E-state index in [2.05, 4.69) is 14.7 Å². The fourth-order valence-corrected chi connectivity index (χ4v) is 3.43. The first kappa shape index (κ1) is 16.4. The van der Waals surface area contributed by atoms with Gasteiger partial charge in [0.05, 0.1) is 18.9 Å². The molecule has 0 saturated carbocycles. The molecule has 1 aromatic heterocycles. The fourth-order valence-electron chi connectivity index (χ4n) is 2.23. The first-order chi connectivity index (χ1) is 9.90. The predicted molar refractivity (Wildman–Crippen MR) is 79.8 cm³/mol. The highest BCUT2D eigenvalue weighted by atomic mass is 32.2. The number of hydrogen-bond acceptors (Lipinski definition) is 5. The lowest BCUT2D eigenvalue weighted by atomic mass is 10.4. The van der Waals surface area contributed by atoms with Gasteiger partial charge in [-0.3, -0.25) is 9.58 Å². The van der Waals surface area contributed by atoms with Gasteiger partial charge in [0, 0.05) is 38.4 Å². The number of nitrogens with one attached hydrogen (secondary N) is 1. The van der Waals surface area contributed by atoms with Gasteiger partial charge in [-0.25, -0.2) is 13.1 Å². The summed E-state index contributed by atoms with van der Waals surface area (Å²) >= 11 is 0. The maximum absolute atomic E-state index is 12.3. The Balaban J connectivity index is 1.94. The van der Waals surface area contributed by atoms with Crippen LogP contribution in [-0.4, -0.2) is 62.5 Å². The van der Waals surface area contributed by atoms with Crippen LogP contribution in [-0.2, 0) is 14.8 Å². The minimum absolute atomic E-state index is 0.140. The van der Waals surface area contributed by atoms with Gasteiger partial charge in [-0.1, -0.05) is 0 Å². The first-order valence-corrected chi connectivity index (χ1v) is 8.74. The maximum Gasteiger partial charge on any atom is 0.244 e. The van der Waals surface area contributed by atoms with Gasteiger partial charge in [-0.15, -0.1) is 0 Å². The van der Waals surface area contributed by atoms with Gasteiger partial charge in [0.25, 0.3) is 0 Å². The van der Waals surface area contributed by atoms with E-state index in [0.29, 0.717) is 32.0 Å². The molecule has 21 heavy (non-hydrogen) atoms. The molecule has 0 radical (unpaired) electrons. The second kappa shape index (κ2) is 6.87. The Kier molecular flexibility index (Phi) is 5.37. The van der Waals surface area contributed by atoms with E-state index >= 15 is 0 Å². The predicted octanol–water partition coefficient (Wildman–Crippen LogP) is 0.383. The van der Waals surface area contributed by atoms with Crippen molar-refractivity contribution in [1.29, 1.82) is 0 Å². The van der Waals surface area contributed by atoms with Crippen molar-refractivity contribution in [3.8, 4) is 0 Å². The highest BCUT2D eigenvalue weighted by molar-refractivity contribution is 7.89. The molecule has 1 saturated heterocycles. The third-order valence-corrected chi connectivity index (χ3v) is 5.08. The molecule has 1 aliphatic rings. The van der Waals surface area contributed by atoms with E-state index in [1.807, 2.05) is 13.8 Å². The van der Waals surface area contributed by atoms with Gasteiger partial charge in [-0.05, 0) is 20.8 Å². The zero-order chi connectivity index (χ0) is 15.5. The second-order valence-corrected chi connectivity index (χ2v) is 7.24. The molecule has 0 aliphatic carbocycles. The van der Waals surface area contributed by atoms with E-state index in [9.17, 15) is 8.42 Å². The van der Waals surface area contributed by atoms with Crippen LogP contribution in [0.1, 0.15) is 25.6 Å². The zero-order valence-corrected chi connectivity index (χ0v) is 13.7. The second-order valence-electron chi connectivity index (χ2n) is 5.50. The Morgan fingerprint density at radius 2 is 2.05 bits per heavy atom. The van der Waals surface area contributed by atoms with Gasteiger partial charge in [0.15, 0.2) is 0 Å². The van der Waals surface area contributed by atoms with Crippen LogP contribution < -0.4 is 4.72 Å². The maximum atomic E-state index is 12.3. The van der Waals surface area contributed by atoms with Crippen LogP contribution in [0.2, 0.25) is 0 Å². The van der Waals surface area contributed by atoms with E-state index in [1.54, 1.807) is 17.8 Å². The molecule has 0 unspecified atom stereocenters. The van der Waals surface area contributed by atoms with Crippen molar-refractivity contribution >= 4 is 10.0 Å². The molecule has 0 spiro atoms. The number of sulfonamides is 1. The molecule has 0 aromatic carbocycles. The van der Waals surface area contributed by atoms with Crippen molar-refractivity contribution in [3.05, 3.63) is 11.9 Å². The molecular weight excluding hydrogens is 292 g/mol. The molecule has 2 heterocycles. The van der Waals surface area contributed by atoms with Gasteiger partial charge in [0.1, 0.15) is 4.90 Å². The van der Waals surface area contributed by atoms with Crippen LogP contribution in [0.15, 0.2) is 11.1 Å².